The molecule has 2 heterocycles. The van der Waals surface area contributed by atoms with Crippen LogP contribution in [0.3, 0.4) is 0 Å². The second-order valence-electron chi connectivity index (χ2n) is 6.47. The first-order valence-corrected chi connectivity index (χ1v) is 8.89. The van der Waals surface area contributed by atoms with Crippen molar-refractivity contribution in [3.63, 3.8) is 0 Å². The monoisotopic (exact) mass is 429 g/mol. The number of aromatic nitrogens is 3. The maximum absolute atomic E-state index is 13.2. The van der Waals surface area contributed by atoms with E-state index in [1.165, 1.54) is 24.3 Å². The van der Waals surface area contributed by atoms with Crippen molar-refractivity contribution in [1.29, 1.82) is 0 Å². The Morgan fingerprint density at radius 1 is 0.903 bits per heavy atom. The van der Waals surface area contributed by atoms with Crippen molar-refractivity contribution in [3.05, 3.63) is 78.1 Å². The highest BCUT2D eigenvalue weighted by molar-refractivity contribution is 5.90. The molecule has 0 unspecified atom stereocenters. The van der Waals surface area contributed by atoms with Gasteiger partial charge in [0.15, 0.2) is 0 Å². The third kappa shape index (κ3) is 3.95. The molecule has 0 aliphatic heterocycles. The molecule has 0 aliphatic rings. The quantitative estimate of drug-likeness (QED) is 0.451. The van der Waals surface area contributed by atoms with E-state index in [9.17, 15) is 28.2 Å². The molecule has 2 aromatic carbocycles. The molecule has 10 heteroatoms. The fraction of sp³-hybridized carbons (Fsp3) is 0.0476. The maximum atomic E-state index is 13.2. The molecule has 3 N–H and O–H groups in total. The van der Waals surface area contributed by atoms with Gasteiger partial charge in [-0.3, -0.25) is 0 Å². The summed E-state index contributed by atoms with van der Waals surface area (Å²) in [7, 11) is 0. The van der Waals surface area contributed by atoms with E-state index in [1.54, 1.807) is 30.3 Å². The van der Waals surface area contributed by atoms with E-state index in [0.717, 1.165) is 12.1 Å². The number of halogens is 3. The number of aromatic hydroxyl groups is 2. The summed E-state index contributed by atoms with van der Waals surface area (Å²) in [6.45, 7) is 0. The van der Waals surface area contributed by atoms with Crippen molar-refractivity contribution in [1.82, 2.24) is 14.7 Å². The third-order valence-electron chi connectivity index (χ3n) is 4.40. The van der Waals surface area contributed by atoms with Gasteiger partial charge in [-0.05, 0) is 12.1 Å². The summed E-state index contributed by atoms with van der Waals surface area (Å²) in [5.74, 6) is -2.99. The minimum absolute atomic E-state index is 0.0491. The highest BCUT2D eigenvalue weighted by atomic mass is 19.4. The standard InChI is InChI=1S/C21H14F3N3O4/c22-21(23,24)20-25-17(12-4-2-1-3-5-12)18(26-20)13-6-8-14(9-7-13)19(30)31-27-15(28)10-11-16(27)29/h1-11,28-29H,(H,25,26). The summed E-state index contributed by atoms with van der Waals surface area (Å²) in [4.78, 5) is 23.2. The molecule has 4 aromatic rings. The van der Waals surface area contributed by atoms with E-state index >= 15 is 0 Å². The number of rotatable bonds is 4. The van der Waals surface area contributed by atoms with E-state index in [4.69, 9.17) is 4.84 Å². The van der Waals surface area contributed by atoms with Gasteiger partial charge < -0.3 is 20.0 Å². The fourth-order valence-corrected chi connectivity index (χ4v) is 2.93. The van der Waals surface area contributed by atoms with Crippen LogP contribution in [0.25, 0.3) is 22.5 Å². The fourth-order valence-electron chi connectivity index (χ4n) is 2.93. The van der Waals surface area contributed by atoms with Crippen LogP contribution in [0.5, 0.6) is 11.8 Å². The van der Waals surface area contributed by atoms with Crippen LogP contribution in [-0.4, -0.2) is 30.9 Å². The topological polar surface area (TPSA) is 100 Å². The Morgan fingerprint density at radius 3 is 2.10 bits per heavy atom. The van der Waals surface area contributed by atoms with Crippen molar-refractivity contribution in [3.8, 4) is 34.3 Å². The Hall–Kier alpha value is -4.21. The average molecular weight is 429 g/mol. The number of carbonyl (C=O) groups excluding carboxylic acids is 1. The Morgan fingerprint density at radius 2 is 1.52 bits per heavy atom. The molecule has 0 saturated heterocycles. The Balaban J connectivity index is 1.67. The molecule has 2 aromatic heterocycles. The van der Waals surface area contributed by atoms with Gasteiger partial charge in [0, 0.05) is 23.3 Å². The highest BCUT2D eigenvalue weighted by Gasteiger charge is 2.36. The number of H-pyrrole nitrogens is 1. The molecular formula is C21H14F3N3O4. The van der Waals surface area contributed by atoms with Gasteiger partial charge in [-0.1, -0.05) is 42.5 Å². The molecule has 0 amide bonds. The van der Waals surface area contributed by atoms with Gasteiger partial charge in [-0.25, -0.2) is 9.78 Å². The molecule has 7 nitrogen and oxygen atoms in total. The summed E-state index contributed by atoms with van der Waals surface area (Å²) in [6, 6.07) is 16.2. The van der Waals surface area contributed by atoms with E-state index < -0.39 is 29.7 Å². The van der Waals surface area contributed by atoms with Crippen LogP contribution in [0.15, 0.2) is 66.7 Å². The van der Waals surface area contributed by atoms with Crippen molar-refractivity contribution in [2.75, 3.05) is 0 Å². The minimum atomic E-state index is -4.66. The average Bonchev–Trinajstić information content (AvgIpc) is 3.34. The first-order valence-electron chi connectivity index (χ1n) is 8.89. The summed E-state index contributed by atoms with van der Waals surface area (Å²) < 4.78 is 40.2. The lowest BCUT2D eigenvalue weighted by atomic mass is 10.0. The van der Waals surface area contributed by atoms with E-state index in [-0.39, 0.29) is 17.0 Å². The molecule has 4 rings (SSSR count). The Kier molecular flexibility index (Phi) is 4.90. The van der Waals surface area contributed by atoms with Crippen LogP contribution >= 0.6 is 0 Å². The van der Waals surface area contributed by atoms with Crippen molar-refractivity contribution in [2.24, 2.45) is 0 Å². The van der Waals surface area contributed by atoms with Gasteiger partial charge in [-0.2, -0.15) is 13.2 Å². The number of hydrogen-bond acceptors (Lipinski definition) is 5. The number of nitrogens with one attached hydrogen (secondary N) is 1. The SMILES string of the molecule is O=C(On1c(O)ccc1O)c1ccc(-c2[nH]c(C(F)(F)F)nc2-c2ccccc2)cc1. The summed E-state index contributed by atoms with van der Waals surface area (Å²) in [6.07, 6.45) is -4.66. The Labute approximate surface area is 172 Å². The molecule has 31 heavy (non-hydrogen) atoms. The van der Waals surface area contributed by atoms with Crippen molar-refractivity contribution >= 4 is 5.97 Å². The maximum Gasteiger partial charge on any atom is 0.449 e. The molecule has 0 saturated carbocycles. The molecule has 0 atom stereocenters. The van der Waals surface area contributed by atoms with Gasteiger partial charge in [0.25, 0.3) is 0 Å². The van der Waals surface area contributed by atoms with E-state index in [2.05, 4.69) is 9.97 Å². The van der Waals surface area contributed by atoms with Gasteiger partial charge in [0.05, 0.1) is 17.0 Å². The smallest absolute Gasteiger partial charge is 0.449 e. The third-order valence-corrected chi connectivity index (χ3v) is 4.40. The van der Waals surface area contributed by atoms with Crippen LogP contribution in [0.4, 0.5) is 13.2 Å². The van der Waals surface area contributed by atoms with Gasteiger partial charge >= 0.3 is 12.1 Å². The second-order valence-corrected chi connectivity index (χ2v) is 6.47. The number of alkyl halides is 3. The van der Waals surface area contributed by atoms with Gasteiger partial charge in [-0.15, -0.1) is 4.73 Å². The predicted octanol–water partition coefficient (Wildman–Crippen LogP) is 4.24. The predicted molar refractivity (Wildman–Crippen MR) is 103 cm³/mol. The summed E-state index contributed by atoms with van der Waals surface area (Å²) >= 11 is 0. The number of benzene rings is 2. The highest BCUT2D eigenvalue weighted by Crippen LogP contribution is 2.35. The lowest BCUT2D eigenvalue weighted by Gasteiger charge is -2.08. The van der Waals surface area contributed by atoms with Crippen molar-refractivity contribution in [2.45, 2.75) is 6.18 Å². The zero-order valence-corrected chi connectivity index (χ0v) is 15.6. The zero-order valence-electron chi connectivity index (χ0n) is 15.6. The van der Waals surface area contributed by atoms with Gasteiger partial charge in [0.1, 0.15) is 0 Å². The summed E-state index contributed by atoms with van der Waals surface area (Å²) in [5.41, 5.74) is 1.16. The first-order chi connectivity index (χ1) is 14.7. The lowest BCUT2D eigenvalue weighted by Crippen LogP contribution is -2.18. The van der Waals surface area contributed by atoms with Crippen molar-refractivity contribution < 1.29 is 33.0 Å². The summed E-state index contributed by atoms with van der Waals surface area (Å²) in [5, 5.41) is 19.1. The normalized spacial score (nSPS) is 11.5. The molecular weight excluding hydrogens is 415 g/mol. The molecule has 0 radical (unpaired) electrons. The van der Waals surface area contributed by atoms with Crippen LogP contribution in [0.1, 0.15) is 16.2 Å². The number of nitrogens with zero attached hydrogens (tertiary/aromatic N) is 2. The number of hydrogen-bond donors (Lipinski definition) is 3. The molecule has 158 valence electrons. The van der Waals surface area contributed by atoms with Crippen LogP contribution < -0.4 is 4.84 Å². The van der Waals surface area contributed by atoms with E-state index in [1.807, 2.05) is 0 Å². The van der Waals surface area contributed by atoms with Crippen LogP contribution in [0, 0.1) is 0 Å². The minimum Gasteiger partial charge on any atom is -0.492 e. The first kappa shape index (κ1) is 20.1. The second kappa shape index (κ2) is 7.56. The number of carbonyl (C=O) groups is 1. The number of imidazole rings is 1. The number of aromatic amines is 1. The molecule has 0 aliphatic carbocycles. The molecule has 0 spiro atoms. The largest absolute Gasteiger partial charge is 0.492 e. The van der Waals surface area contributed by atoms with E-state index in [0.29, 0.717) is 15.9 Å². The zero-order chi connectivity index (χ0) is 22.2. The van der Waals surface area contributed by atoms with Crippen LogP contribution in [0.2, 0.25) is 0 Å². The molecule has 0 fully saturated rings. The van der Waals surface area contributed by atoms with Crippen LogP contribution in [-0.2, 0) is 6.18 Å². The van der Waals surface area contributed by atoms with Gasteiger partial charge in [0.2, 0.25) is 17.6 Å². The Bertz CT molecular complexity index is 1210. The molecule has 0 bridgehead atoms. The lowest BCUT2D eigenvalue weighted by molar-refractivity contribution is -0.144.